The summed E-state index contributed by atoms with van der Waals surface area (Å²) < 4.78 is 1.63. The Kier molecular flexibility index (Phi) is 5.20. The quantitative estimate of drug-likeness (QED) is 0.599. The lowest BCUT2D eigenvalue weighted by molar-refractivity contribution is 0.252. The van der Waals surface area contributed by atoms with Gasteiger partial charge in [0.05, 0.1) is 0 Å². The number of carbonyl (C=O) groups excluding carboxylic acids is 1. The number of urea groups is 1. The summed E-state index contributed by atoms with van der Waals surface area (Å²) in [6, 6.07) is 12.8. The maximum atomic E-state index is 11.8. The number of carbonyl (C=O) groups is 1. The molecule has 0 radical (unpaired) electrons. The van der Waals surface area contributed by atoms with Crippen LogP contribution in [-0.4, -0.2) is 39.1 Å². The molecule has 3 N–H and O–H groups in total. The van der Waals surface area contributed by atoms with Crippen molar-refractivity contribution >= 4 is 17.5 Å². The minimum absolute atomic E-state index is 0.245. The first kappa shape index (κ1) is 16.4. The number of anilines is 2. The molecule has 1 aromatic carbocycles. The van der Waals surface area contributed by atoms with Gasteiger partial charge < -0.3 is 16.0 Å². The molecule has 2 heterocycles. The van der Waals surface area contributed by atoms with Crippen LogP contribution in [0.2, 0.25) is 0 Å². The third-order valence-corrected chi connectivity index (χ3v) is 3.42. The van der Waals surface area contributed by atoms with Crippen molar-refractivity contribution in [1.29, 1.82) is 0 Å². The third-order valence-electron chi connectivity index (χ3n) is 3.42. The summed E-state index contributed by atoms with van der Waals surface area (Å²) in [6.45, 7) is 3.00. The SMILES string of the molecule is Cc1ccc(NC(=O)NCCNc2ccc(-n3cccn3)nn2)cc1. The molecule has 0 aliphatic heterocycles. The van der Waals surface area contributed by atoms with Crippen molar-refractivity contribution in [3.63, 3.8) is 0 Å². The number of nitrogens with one attached hydrogen (secondary N) is 3. The van der Waals surface area contributed by atoms with Crippen LogP contribution in [0.25, 0.3) is 5.82 Å². The monoisotopic (exact) mass is 337 g/mol. The molecule has 0 aliphatic carbocycles. The summed E-state index contributed by atoms with van der Waals surface area (Å²) in [5.41, 5.74) is 1.91. The molecular weight excluding hydrogens is 318 g/mol. The molecule has 2 aromatic heterocycles. The van der Waals surface area contributed by atoms with Gasteiger partial charge in [-0.1, -0.05) is 17.7 Å². The van der Waals surface area contributed by atoms with E-state index in [2.05, 4.69) is 31.2 Å². The van der Waals surface area contributed by atoms with Gasteiger partial charge in [-0.15, -0.1) is 10.2 Å². The predicted octanol–water partition coefficient (Wildman–Crippen LogP) is 2.20. The summed E-state index contributed by atoms with van der Waals surface area (Å²) in [7, 11) is 0. The zero-order valence-corrected chi connectivity index (χ0v) is 13.8. The smallest absolute Gasteiger partial charge is 0.319 e. The Bertz CT molecular complexity index is 798. The molecule has 8 nitrogen and oxygen atoms in total. The maximum Gasteiger partial charge on any atom is 0.319 e. The highest BCUT2D eigenvalue weighted by atomic mass is 16.2. The van der Waals surface area contributed by atoms with Crippen molar-refractivity contribution in [2.24, 2.45) is 0 Å². The van der Waals surface area contributed by atoms with Gasteiger partial charge in [-0.2, -0.15) is 5.10 Å². The first-order chi connectivity index (χ1) is 12.2. The van der Waals surface area contributed by atoms with Gasteiger partial charge in [0.2, 0.25) is 0 Å². The molecule has 25 heavy (non-hydrogen) atoms. The van der Waals surface area contributed by atoms with E-state index < -0.39 is 0 Å². The Labute approximate surface area is 145 Å². The van der Waals surface area contributed by atoms with E-state index in [1.165, 1.54) is 0 Å². The number of hydrogen-bond acceptors (Lipinski definition) is 5. The van der Waals surface area contributed by atoms with Crippen LogP contribution >= 0.6 is 0 Å². The number of rotatable bonds is 6. The fourth-order valence-corrected chi connectivity index (χ4v) is 2.12. The van der Waals surface area contributed by atoms with Crippen molar-refractivity contribution < 1.29 is 4.79 Å². The number of aryl methyl sites for hydroxylation is 1. The highest BCUT2D eigenvalue weighted by Gasteiger charge is 2.02. The first-order valence-corrected chi connectivity index (χ1v) is 7.90. The molecule has 0 aliphatic rings. The van der Waals surface area contributed by atoms with Gasteiger partial charge >= 0.3 is 6.03 Å². The fraction of sp³-hybridized carbons (Fsp3) is 0.176. The second kappa shape index (κ2) is 7.91. The zero-order chi connectivity index (χ0) is 17.5. The molecule has 8 heteroatoms. The fourth-order valence-electron chi connectivity index (χ4n) is 2.12. The normalized spacial score (nSPS) is 10.3. The predicted molar refractivity (Wildman–Crippen MR) is 95.8 cm³/mol. The molecule has 0 spiro atoms. The van der Waals surface area contributed by atoms with Crippen LogP contribution in [0.3, 0.4) is 0 Å². The molecule has 0 atom stereocenters. The van der Waals surface area contributed by atoms with Gasteiger partial charge in [-0.3, -0.25) is 0 Å². The zero-order valence-electron chi connectivity index (χ0n) is 13.8. The third kappa shape index (κ3) is 4.77. The van der Waals surface area contributed by atoms with Gasteiger partial charge in [0.1, 0.15) is 5.82 Å². The summed E-state index contributed by atoms with van der Waals surface area (Å²) in [6.07, 6.45) is 3.48. The molecule has 128 valence electrons. The van der Waals surface area contributed by atoms with E-state index in [1.54, 1.807) is 17.1 Å². The summed E-state index contributed by atoms with van der Waals surface area (Å²) in [5, 5.41) is 20.9. The van der Waals surface area contributed by atoms with Gasteiger partial charge in [0.25, 0.3) is 0 Å². The molecule has 0 unspecified atom stereocenters. The van der Waals surface area contributed by atoms with Crippen LogP contribution in [-0.2, 0) is 0 Å². The lowest BCUT2D eigenvalue weighted by atomic mass is 10.2. The molecule has 0 fully saturated rings. The molecule has 0 bridgehead atoms. The summed E-state index contributed by atoms with van der Waals surface area (Å²) >= 11 is 0. The van der Waals surface area contributed by atoms with Crippen molar-refractivity contribution in [1.82, 2.24) is 25.3 Å². The van der Waals surface area contributed by atoms with Gasteiger partial charge in [-0.25, -0.2) is 9.48 Å². The number of benzene rings is 1. The molecule has 0 saturated heterocycles. The summed E-state index contributed by atoms with van der Waals surface area (Å²) in [4.78, 5) is 11.8. The number of aromatic nitrogens is 4. The van der Waals surface area contributed by atoms with E-state index in [0.717, 1.165) is 11.3 Å². The van der Waals surface area contributed by atoms with Crippen LogP contribution in [0, 0.1) is 6.92 Å². The van der Waals surface area contributed by atoms with Gasteiger partial charge in [-0.05, 0) is 37.3 Å². The lowest BCUT2D eigenvalue weighted by Gasteiger charge is -2.09. The molecule has 0 saturated carbocycles. The Hall–Kier alpha value is -3.42. The van der Waals surface area contributed by atoms with Crippen molar-refractivity contribution in [2.75, 3.05) is 23.7 Å². The van der Waals surface area contributed by atoms with E-state index in [9.17, 15) is 4.79 Å². The van der Waals surface area contributed by atoms with Crippen molar-refractivity contribution in [3.05, 3.63) is 60.4 Å². The van der Waals surface area contributed by atoms with Crippen LogP contribution in [0.4, 0.5) is 16.3 Å². The number of nitrogens with zero attached hydrogens (tertiary/aromatic N) is 4. The first-order valence-electron chi connectivity index (χ1n) is 7.90. The average molecular weight is 337 g/mol. The van der Waals surface area contributed by atoms with Crippen molar-refractivity contribution in [2.45, 2.75) is 6.92 Å². The average Bonchev–Trinajstić information content (AvgIpc) is 3.16. The van der Waals surface area contributed by atoms with Crippen LogP contribution in [0.5, 0.6) is 0 Å². The van der Waals surface area contributed by atoms with Crippen LogP contribution in [0.15, 0.2) is 54.9 Å². The van der Waals surface area contributed by atoms with E-state index >= 15 is 0 Å². The Morgan fingerprint density at radius 1 is 1.08 bits per heavy atom. The Morgan fingerprint density at radius 2 is 1.92 bits per heavy atom. The van der Waals surface area contributed by atoms with Crippen LogP contribution < -0.4 is 16.0 Å². The summed E-state index contributed by atoms with van der Waals surface area (Å²) in [5.74, 6) is 1.28. The second-order valence-corrected chi connectivity index (χ2v) is 5.40. The Balaban J connectivity index is 1.39. The van der Waals surface area contributed by atoms with E-state index in [0.29, 0.717) is 24.7 Å². The van der Waals surface area contributed by atoms with E-state index in [-0.39, 0.29) is 6.03 Å². The minimum atomic E-state index is -0.245. The molecular formula is C17H19N7O. The van der Waals surface area contributed by atoms with Gasteiger partial charge in [0.15, 0.2) is 5.82 Å². The Morgan fingerprint density at radius 3 is 2.60 bits per heavy atom. The minimum Gasteiger partial charge on any atom is -0.367 e. The van der Waals surface area contributed by atoms with Crippen LogP contribution in [0.1, 0.15) is 5.56 Å². The van der Waals surface area contributed by atoms with E-state index in [1.807, 2.05) is 49.4 Å². The number of amides is 2. The maximum absolute atomic E-state index is 11.8. The molecule has 3 rings (SSSR count). The number of hydrogen-bond donors (Lipinski definition) is 3. The van der Waals surface area contributed by atoms with Crippen molar-refractivity contribution in [3.8, 4) is 5.82 Å². The molecule has 2 amide bonds. The van der Waals surface area contributed by atoms with Gasteiger partial charge in [0, 0.05) is 31.2 Å². The second-order valence-electron chi connectivity index (χ2n) is 5.40. The van der Waals surface area contributed by atoms with E-state index in [4.69, 9.17) is 0 Å². The lowest BCUT2D eigenvalue weighted by Crippen LogP contribution is -2.32. The highest BCUT2D eigenvalue weighted by molar-refractivity contribution is 5.89. The highest BCUT2D eigenvalue weighted by Crippen LogP contribution is 2.08. The largest absolute Gasteiger partial charge is 0.367 e. The topological polar surface area (TPSA) is 96.8 Å². The standard InChI is InChI=1S/C17H19N7O/c1-13-3-5-14(6-4-13)21-17(25)19-11-10-18-15-7-8-16(23-22-15)24-12-2-9-20-24/h2-9,12H,10-11H2,1H3,(H,18,22)(H2,19,21,25). The molecule has 3 aromatic rings.